The van der Waals surface area contributed by atoms with Gasteiger partial charge >= 0.3 is 0 Å². The zero-order chi connectivity index (χ0) is 22.6. The number of anilines is 1. The van der Waals surface area contributed by atoms with Crippen LogP contribution in [0.4, 0.5) is 5.69 Å². The van der Waals surface area contributed by atoms with Crippen molar-refractivity contribution in [2.24, 2.45) is 0 Å². The van der Waals surface area contributed by atoms with E-state index in [2.05, 4.69) is 10.2 Å². The van der Waals surface area contributed by atoms with Gasteiger partial charge in [-0.25, -0.2) is 12.7 Å². The average molecular weight is 466 g/mol. The van der Waals surface area contributed by atoms with Gasteiger partial charge in [0, 0.05) is 45.2 Å². The molecule has 0 aliphatic heterocycles. The smallest absolute Gasteiger partial charge is 0.242 e. The van der Waals surface area contributed by atoms with E-state index in [1.54, 1.807) is 7.11 Å². The summed E-state index contributed by atoms with van der Waals surface area (Å²) in [5.41, 5.74) is 1.37. The minimum Gasteiger partial charge on any atom is -0.496 e. The first-order valence-electron chi connectivity index (χ1n) is 10.1. The number of hydrogen-bond donors (Lipinski definition) is 1. The minimum absolute atomic E-state index is 0.0768. The predicted molar refractivity (Wildman–Crippen MR) is 122 cm³/mol. The van der Waals surface area contributed by atoms with Crippen LogP contribution in [0.15, 0.2) is 47.4 Å². The summed E-state index contributed by atoms with van der Waals surface area (Å²) in [5.74, 6) is 0.621. The molecular weight excluding hydrogens is 438 g/mol. The summed E-state index contributed by atoms with van der Waals surface area (Å²) in [6.07, 6.45) is 2.51. The van der Waals surface area contributed by atoms with Crippen molar-refractivity contribution >= 4 is 33.2 Å². The van der Waals surface area contributed by atoms with E-state index in [4.69, 9.17) is 16.3 Å². The Bertz CT molecular complexity index is 1040. The van der Waals surface area contributed by atoms with Crippen molar-refractivity contribution < 1.29 is 17.9 Å². The van der Waals surface area contributed by atoms with Gasteiger partial charge in [-0.1, -0.05) is 29.8 Å². The van der Waals surface area contributed by atoms with E-state index in [-0.39, 0.29) is 22.9 Å². The van der Waals surface area contributed by atoms with E-state index >= 15 is 0 Å². The third kappa shape index (κ3) is 5.98. The van der Waals surface area contributed by atoms with Crippen LogP contribution in [0.5, 0.6) is 5.75 Å². The van der Waals surface area contributed by atoms with Crippen LogP contribution >= 0.6 is 11.6 Å². The molecule has 0 saturated heterocycles. The maximum Gasteiger partial charge on any atom is 0.242 e. The molecule has 0 unspecified atom stereocenters. The number of para-hydroxylation sites is 1. The Morgan fingerprint density at radius 2 is 1.90 bits per heavy atom. The standard InChI is InChI=1S/C22H28ClN3O4S/c1-25(2)31(28,29)18-10-11-19(23)20(14-18)24-22(27)12-13-26(17-8-9-17)15-16-6-4-5-7-21(16)30-3/h4-7,10-11,14,17H,8-9,12-13,15H2,1-3H3,(H,24,27). The highest BCUT2D eigenvalue weighted by atomic mass is 35.5. The SMILES string of the molecule is COc1ccccc1CN(CCC(=O)Nc1cc(S(=O)(=O)N(C)C)ccc1Cl)C1CC1. The lowest BCUT2D eigenvalue weighted by Gasteiger charge is -2.23. The van der Waals surface area contributed by atoms with Crippen LogP contribution in [0.1, 0.15) is 24.8 Å². The summed E-state index contributed by atoms with van der Waals surface area (Å²) in [7, 11) is 0.946. The predicted octanol–water partition coefficient (Wildman–Crippen LogP) is 3.59. The molecule has 0 atom stereocenters. The van der Waals surface area contributed by atoms with Crippen molar-refractivity contribution in [3.05, 3.63) is 53.1 Å². The molecule has 1 N–H and O–H groups in total. The van der Waals surface area contributed by atoms with Crippen LogP contribution in [-0.2, 0) is 21.4 Å². The third-order valence-corrected chi connectivity index (χ3v) is 7.39. The topological polar surface area (TPSA) is 79.0 Å². The van der Waals surface area contributed by atoms with Gasteiger partial charge in [0.1, 0.15) is 5.75 Å². The third-order valence-electron chi connectivity index (χ3n) is 5.25. The van der Waals surface area contributed by atoms with Gasteiger partial charge in [-0.15, -0.1) is 0 Å². The Morgan fingerprint density at radius 3 is 2.55 bits per heavy atom. The maximum atomic E-state index is 12.6. The van der Waals surface area contributed by atoms with E-state index in [9.17, 15) is 13.2 Å². The molecule has 168 valence electrons. The Kier molecular flexibility index (Phi) is 7.59. The van der Waals surface area contributed by atoms with E-state index in [1.165, 1.54) is 32.3 Å². The number of carbonyl (C=O) groups is 1. The first-order chi connectivity index (χ1) is 14.7. The number of sulfonamides is 1. The molecule has 0 aromatic heterocycles. The van der Waals surface area contributed by atoms with Gasteiger partial charge in [0.25, 0.3) is 0 Å². The van der Waals surface area contributed by atoms with E-state index in [1.807, 2.05) is 24.3 Å². The highest BCUT2D eigenvalue weighted by molar-refractivity contribution is 7.89. The molecule has 1 aliphatic rings. The van der Waals surface area contributed by atoms with Crippen LogP contribution in [0, 0.1) is 0 Å². The molecule has 9 heteroatoms. The zero-order valence-electron chi connectivity index (χ0n) is 18.0. The van der Waals surface area contributed by atoms with Crippen molar-refractivity contribution in [2.45, 2.75) is 36.7 Å². The molecule has 7 nitrogen and oxygen atoms in total. The normalized spacial score (nSPS) is 14.1. The lowest BCUT2D eigenvalue weighted by atomic mass is 10.1. The number of nitrogens with one attached hydrogen (secondary N) is 1. The molecule has 1 aliphatic carbocycles. The monoisotopic (exact) mass is 465 g/mol. The molecule has 0 heterocycles. The Labute approximate surface area is 189 Å². The van der Waals surface area contributed by atoms with Gasteiger partial charge in [-0.3, -0.25) is 9.69 Å². The minimum atomic E-state index is -3.62. The molecule has 1 fully saturated rings. The maximum absolute atomic E-state index is 12.6. The van der Waals surface area contributed by atoms with Gasteiger partial charge < -0.3 is 10.1 Å². The molecule has 0 radical (unpaired) electrons. The second-order valence-electron chi connectivity index (χ2n) is 7.74. The van der Waals surface area contributed by atoms with Gasteiger partial charge in [0.2, 0.25) is 15.9 Å². The molecule has 1 amide bonds. The summed E-state index contributed by atoms with van der Waals surface area (Å²) in [6.45, 7) is 1.29. The Hall–Kier alpha value is -2.13. The Balaban J connectivity index is 1.65. The van der Waals surface area contributed by atoms with Crippen molar-refractivity contribution in [3.63, 3.8) is 0 Å². The van der Waals surface area contributed by atoms with Crippen molar-refractivity contribution in [2.75, 3.05) is 33.1 Å². The molecular formula is C22H28ClN3O4S. The molecule has 1 saturated carbocycles. The average Bonchev–Trinajstić information content (AvgIpc) is 3.58. The lowest BCUT2D eigenvalue weighted by Crippen LogP contribution is -2.29. The number of ether oxygens (including phenoxy) is 1. The number of hydrogen-bond acceptors (Lipinski definition) is 5. The fourth-order valence-electron chi connectivity index (χ4n) is 3.31. The first kappa shape index (κ1) is 23.5. The van der Waals surface area contributed by atoms with E-state index < -0.39 is 10.0 Å². The van der Waals surface area contributed by atoms with Crippen molar-refractivity contribution in [1.29, 1.82) is 0 Å². The summed E-state index contributed by atoms with van der Waals surface area (Å²) in [5, 5.41) is 3.05. The Morgan fingerprint density at radius 1 is 1.19 bits per heavy atom. The molecule has 3 rings (SSSR count). The first-order valence-corrected chi connectivity index (χ1v) is 11.9. The number of rotatable bonds is 10. The summed E-state index contributed by atoms with van der Waals surface area (Å²) >= 11 is 6.19. The second kappa shape index (κ2) is 9.99. The number of carbonyl (C=O) groups excluding carboxylic acids is 1. The van der Waals surface area contributed by atoms with Crippen molar-refractivity contribution in [3.8, 4) is 5.75 Å². The molecule has 0 bridgehead atoms. The highest BCUT2D eigenvalue weighted by Gasteiger charge is 2.29. The number of methoxy groups -OCH3 is 1. The second-order valence-corrected chi connectivity index (χ2v) is 10.3. The van der Waals surface area contributed by atoms with Gasteiger partial charge in [0.05, 0.1) is 22.7 Å². The van der Waals surface area contributed by atoms with E-state index in [0.717, 1.165) is 28.5 Å². The molecule has 0 spiro atoms. The fourth-order valence-corrected chi connectivity index (χ4v) is 4.41. The van der Waals surface area contributed by atoms with Crippen LogP contribution in [0.2, 0.25) is 5.02 Å². The summed E-state index contributed by atoms with van der Waals surface area (Å²) < 4.78 is 31.3. The lowest BCUT2D eigenvalue weighted by molar-refractivity contribution is -0.116. The highest BCUT2D eigenvalue weighted by Crippen LogP contribution is 2.31. The largest absolute Gasteiger partial charge is 0.496 e. The quantitative estimate of drug-likeness (QED) is 0.580. The summed E-state index contributed by atoms with van der Waals surface area (Å²) in [4.78, 5) is 15.0. The number of nitrogens with zero attached hydrogens (tertiary/aromatic N) is 2. The van der Waals surface area contributed by atoms with Crippen LogP contribution in [0.3, 0.4) is 0 Å². The number of halogens is 1. The van der Waals surface area contributed by atoms with Gasteiger partial charge in [-0.05, 0) is 37.1 Å². The summed E-state index contributed by atoms with van der Waals surface area (Å²) in [6, 6.07) is 12.6. The fraction of sp³-hybridized carbons (Fsp3) is 0.409. The van der Waals surface area contributed by atoms with Crippen LogP contribution in [-0.4, -0.2) is 57.3 Å². The van der Waals surface area contributed by atoms with E-state index in [0.29, 0.717) is 24.2 Å². The number of benzene rings is 2. The van der Waals surface area contributed by atoms with Gasteiger partial charge in [-0.2, -0.15) is 0 Å². The molecule has 2 aromatic rings. The van der Waals surface area contributed by atoms with Crippen LogP contribution < -0.4 is 10.1 Å². The zero-order valence-corrected chi connectivity index (χ0v) is 19.5. The van der Waals surface area contributed by atoms with Crippen molar-refractivity contribution in [1.82, 2.24) is 9.21 Å². The van der Waals surface area contributed by atoms with Gasteiger partial charge in [0.15, 0.2) is 0 Å². The van der Waals surface area contributed by atoms with Crippen LogP contribution in [0.25, 0.3) is 0 Å². The number of amides is 1. The molecule has 2 aromatic carbocycles. The molecule has 31 heavy (non-hydrogen) atoms.